The van der Waals surface area contributed by atoms with Crippen molar-refractivity contribution in [1.29, 1.82) is 0 Å². The number of aliphatic hydroxyl groups is 1. The topological polar surface area (TPSA) is 80.0 Å². The predicted molar refractivity (Wildman–Crippen MR) is 145 cm³/mol. The molecule has 4 rings (SSSR count). The molecule has 0 radical (unpaired) electrons. The Morgan fingerprint density at radius 3 is 2.62 bits per heavy atom. The number of benzene rings is 1. The van der Waals surface area contributed by atoms with Crippen LogP contribution in [0.25, 0.3) is 16.9 Å². The van der Waals surface area contributed by atoms with Crippen molar-refractivity contribution in [2.75, 3.05) is 6.54 Å². The highest BCUT2D eigenvalue weighted by Crippen LogP contribution is 2.26. The third kappa shape index (κ3) is 5.72. The molecule has 0 unspecified atom stereocenters. The second-order valence-corrected chi connectivity index (χ2v) is 11.2. The van der Waals surface area contributed by atoms with Gasteiger partial charge in [-0.1, -0.05) is 31.9 Å². The van der Waals surface area contributed by atoms with Crippen LogP contribution in [0.3, 0.4) is 0 Å². The third-order valence-electron chi connectivity index (χ3n) is 7.78. The van der Waals surface area contributed by atoms with Gasteiger partial charge in [0.15, 0.2) is 5.65 Å². The summed E-state index contributed by atoms with van der Waals surface area (Å²) < 4.78 is 22.8. The van der Waals surface area contributed by atoms with Crippen LogP contribution in [0.4, 0.5) is 4.39 Å². The maximum absolute atomic E-state index is 15.2. The van der Waals surface area contributed by atoms with Crippen molar-refractivity contribution in [3.63, 3.8) is 0 Å². The summed E-state index contributed by atoms with van der Waals surface area (Å²) in [4.78, 5) is 20.0. The molecule has 7 nitrogen and oxygen atoms in total. The smallest absolute Gasteiger partial charge is 0.309 e. The molecule has 1 saturated heterocycles. The van der Waals surface area contributed by atoms with Gasteiger partial charge in [0, 0.05) is 29.9 Å². The highest BCUT2D eigenvalue weighted by atomic mass is 19.1. The first-order valence-electron chi connectivity index (χ1n) is 13.3. The summed E-state index contributed by atoms with van der Waals surface area (Å²) >= 11 is 0. The van der Waals surface area contributed by atoms with E-state index in [1.54, 1.807) is 50.4 Å². The Kier molecular flexibility index (Phi) is 7.76. The maximum atomic E-state index is 15.2. The molecule has 0 saturated carbocycles. The summed E-state index contributed by atoms with van der Waals surface area (Å²) in [7, 11) is 0.168. The first-order valence-corrected chi connectivity index (χ1v) is 13.3. The number of fused-ring (bicyclic) bond motifs is 1. The minimum Gasteiger partial charge on any atom is -0.427 e. The number of hydrogen-bond donors (Lipinski definition) is 1. The van der Waals surface area contributed by atoms with Crippen molar-refractivity contribution < 1.29 is 18.9 Å². The first-order chi connectivity index (χ1) is 17.4. The lowest BCUT2D eigenvalue weighted by Crippen LogP contribution is -2.49. The number of amides is 1. The third-order valence-corrected chi connectivity index (χ3v) is 7.78. The number of aromatic nitrogens is 3. The Balaban J connectivity index is 1.61. The van der Waals surface area contributed by atoms with Gasteiger partial charge in [0.1, 0.15) is 11.5 Å². The van der Waals surface area contributed by atoms with E-state index in [1.807, 2.05) is 17.9 Å². The van der Waals surface area contributed by atoms with E-state index in [1.165, 1.54) is 6.07 Å². The zero-order chi connectivity index (χ0) is 27.0. The lowest BCUT2D eigenvalue weighted by molar-refractivity contribution is -0.0893. The monoisotopic (exact) mass is 508 g/mol. The minimum atomic E-state index is -1.04. The summed E-state index contributed by atoms with van der Waals surface area (Å²) in [5, 5.41) is 14.9. The molecular weight excluding hydrogens is 470 g/mol. The highest BCUT2D eigenvalue weighted by Gasteiger charge is 2.35. The van der Waals surface area contributed by atoms with Gasteiger partial charge in [-0.05, 0) is 71.5 Å². The quantitative estimate of drug-likeness (QED) is 0.488. The first kappa shape index (κ1) is 27.3. The summed E-state index contributed by atoms with van der Waals surface area (Å²) in [6, 6.07) is 8.64. The van der Waals surface area contributed by atoms with E-state index < -0.39 is 17.0 Å². The molecule has 3 aromatic rings. The molecule has 1 fully saturated rings. The fourth-order valence-electron chi connectivity index (χ4n) is 4.55. The Morgan fingerprint density at radius 1 is 1.19 bits per heavy atom. The van der Waals surface area contributed by atoms with Crippen LogP contribution >= 0.6 is 0 Å². The SMILES string of the molecule is CCc1cc(C(=O)N2CCCCC[C@H]2C)nc2cc(-c3ccc(BOC(C)(C)C(C)(C)O)cc3F)nn12. The number of carbonyl (C=O) groups excluding carboxylic acids is 1. The molecule has 1 amide bonds. The van der Waals surface area contributed by atoms with Crippen molar-refractivity contribution >= 4 is 24.5 Å². The summed E-state index contributed by atoms with van der Waals surface area (Å²) in [5.74, 6) is -0.475. The standard InChI is InChI=1S/C28H38BFN4O3/c1-7-20-16-24(26(35)33-14-10-8-9-11-18(33)2)31-25-17-23(32-34(20)25)21-13-12-19(15-22(21)30)29-37-28(5,6)27(3,4)36/h12-13,15-18,29,36H,7-11,14H2,1-6H3/t18-/m1/s1. The average Bonchev–Trinajstić information content (AvgIpc) is 3.15. The summed E-state index contributed by atoms with van der Waals surface area (Å²) in [6.07, 6.45) is 4.94. The van der Waals surface area contributed by atoms with Crippen LogP contribution in [0.5, 0.6) is 0 Å². The Labute approximate surface area is 219 Å². The molecule has 3 heterocycles. The molecular formula is C28H38BFN4O3. The Bertz CT molecular complexity index is 1280. The van der Waals surface area contributed by atoms with E-state index in [0.29, 0.717) is 34.5 Å². The number of aryl methyl sites for hydroxylation is 1. The fraction of sp³-hybridized carbons (Fsp3) is 0.536. The second kappa shape index (κ2) is 10.5. The van der Waals surface area contributed by atoms with E-state index in [2.05, 4.69) is 17.0 Å². The predicted octanol–water partition coefficient (Wildman–Crippen LogP) is 4.05. The second-order valence-electron chi connectivity index (χ2n) is 11.2. The van der Waals surface area contributed by atoms with Gasteiger partial charge in [-0.3, -0.25) is 4.79 Å². The molecule has 0 aliphatic carbocycles. The maximum Gasteiger partial charge on any atom is 0.309 e. The zero-order valence-corrected chi connectivity index (χ0v) is 22.8. The molecule has 9 heteroatoms. The zero-order valence-electron chi connectivity index (χ0n) is 22.8. The van der Waals surface area contributed by atoms with Gasteiger partial charge in [0.05, 0.1) is 16.9 Å². The molecule has 0 spiro atoms. The Hall–Kier alpha value is -2.78. The lowest BCUT2D eigenvalue weighted by atomic mass is 9.82. The van der Waals surface area contributed by atoms with Crippen LogP contribution in [0.2, 0.25) is 0 Å². The van der Waals surface area contributed by atoms with Crippen molar-refractivity contribution in [1.82, 2.24) is 19.5 Å². The number of likely N-dealkylation sites (tertiary alicyclic amines) is 1. The van der Waals surface area contributed by atoms with Gasteiger partial charge >= 0.3 is 7.48 Å². The van der Waals surface area contributed by atoms with Crippen LogP contribution in [-0.2, 0) is 11.1 Å². The molecule has 1 N–H and O–H groups in total. The van der Waals surface area contributed by atoms with Gasteiger partial charge in [-0.25, -0.2) is 13.9 Å². The summed E-state index contributed by atoms with van der Waals surface area (Å²) in [5.41, 5.74) is 1.41. The number of nitrogens with zero attached hydrogens (tertiary/aromatic N) is 4. The van der Waals surface area contributed by atoms with Gasteiger partial charge in [0.2, 0.25) is 0 Å². The normalized spacial score (nSPS) is 17.2. The van der Waals surface area contributed by atoms with Gasteiger partial charge in [-0.15, -0.1) is 0 Å². The van der Waals surface area contributed by atoms with Crippen molar-refractivity contribution in [2.45, 2.75) is 90.9 Å². The average molecular weight is 508 g/mol. The van der Waals surface area contributed by atoms with E-state index in [9.17, 15) is 9.90 Å². The van der Waals surface area contributed by atoms with Crippen molar-refractivity contribution in [2.24, 2.45) is 0 Å². The molecule has 37 heavy (non-hydrogen) atoms. The summed E-state index contributed by atoms with van der Waals surface area (Å²) in [6.45, 7) is 11.8. The fourth-order valence-corrected chi connectivity index (χ4v) is 4.55. The van der Waals surface area contributed by atoms with Gasteiger partial charge in [0.25, 0.3) is 5.91 Å². The number of rotatable bonds is 7. The van der Waals surface area contributed by atoms with Crippen molar-refractivity contribution in [3.05, 3.63) is 47.5 Å². The van der Waals surface area contributed by atoms with Crippen LogP contribution in [0.1, 0.15) is 83.4 Å². The largest absolute Gasteiger partial charge is 0.427 e. The van der Waals surface area contributed by atoms with Crippen LogP contribution in [0, 0.1) is 5.82 Å². The van der Waals surface area contributed by atoms with Crippen molar-refractivity contribution in [3.8, 4) is 11.3 Å². The molecule has 1 aromatic carbocycles. The number of halogens is 1. The molecule has 1 atom stereocenters. The molecule has 2 aromatic heterocycles. The number of carbonyl (C=O) groups is 1. The molecule has 1 aliphatic rings. The van der Waals surface area contributed by atoms with Crippen LogP contribution in [-0.4, -0.2) is 61.8 Å². The van der Waals surface area contributed by atoms with E-state index >= 15 is 4.39 Å². The van der Waals surface area contributed by atoms with E-state index in [0.717, 1.165) is 37.9 Å². The van der Waals surface area contributed by atoms with Crippen LogP contribution in [0.15, 0.2) is 30.3 Å². The van der Waals surface area contributed by atoms with Gasteiger partial charge in [-0.2, -0.15) is 5.10 Å². The molecule has 1 aliphatic heterocycles. The molecule has 198 valence electrons. The van der Waals surface area contributed by atoms with Gasteiger partial charge < -0.3 is 14.7 Å². The number of hydrogen-bond acceptors (Lipinski definition) is 5. The van der Waals surface area contributed by atoms with Crippen LogP contribution < -0.4 is 5.46 Å². The minimum absolute atomic E-state index is 0.0566. The molecule has 0 bridgehead atoms. The van der Waals surface area contributed by atoms with E-state index in [4.69, 9.17) is 4.65 Å². The Morgan fingerprint density at radius 2 is 1.95 bits per heavy atom. The van der Waals surface area contributed by atoms with E-state index in [-0.39, 0.29) is 19.4 Å². The highest BCUT2D eigenvalue weighted by molar-refractivity contribution is 6.47. The lowest BCUT2D eigenvalue weighted by Gasteiger charge is -2.37.